The molecule has 5 nitrogen and oxygen atoms in total. The van der Waals surface area contributed by atoms with Crippen molar-refractivity contribution < 1.29 is 0 Å². The number of nitrogens with zero attached hydrogens (tertiary/aromatic N) is 5. The molecule has 0 saturated carbocycles. The van der Waals surface area contributed by atoms with Gasteiger partial charge in [-0.1, -0.05) is 91.0 Å². The molecule has 0 aliphatic heterocycles. The highest BCUT2D eigenvalue weighted by Crippen LogP contribution is 2.35. The molecule has 0 unspecified atom stereocenters. The lowest BCUT2D eigenvalue weighted by molar-refractivity contribution is 1.16. The van der Waals surface area contributed by atoms with E-state index in [0.29, 0.717) is 0 Å². The molecule has 50 heavy (non-hydrogen) atoms. The van der Waals surface area contributed by atoms with Gasteiger partial charge in [0.15, 0.2) is 0 Å². The second-order valence-electron chi connectivity index (χ2n) is 12.6. The largest absolute Gasteiger partial charge is 0.308 e. The minimum Gasteiger partial charge on any atom is -0.308 e. The lowest BCUT2D eigenvalue weighted by Crippen LogP contribution is -1.96. The maximum atomic E-state index is 5.19. The molecule has 0 aliphatic carbocycles. The second-order valence-corrected chi connectivity index (χ2v) is 12.6. The predicted octanol–water partition coefficient (Wildman–Crippen LogP) is 11.1. The van der Waals surface area contributed by atoms with Crippen LogP contribution >= 0.6 is 0 Å². The number of hydrogen-bond donors (Lipinski definition) is 0. The predicted molar refractivity (Wildman–Crippen MR) is 205 cm³/mol. The summed E-state index contributed by atoms with van der Waals surface area (Å²) < 4.78 is 4.58. The van der Waals surface area contributed by atoms with Crippen LogP contribution < -0.4 is 0 Å². The topological polar surface area (TPSA) is 48.5 Å². The normalized spacial score (nSPS) is 11.6. The Bertz CT molecular complexity index is 2560. The van der Waals surface area contributed by atoms with Crippen LogP contribution in [0, 0.1) is 0 Å². The molecular formula is C45H29N5. The first-order valence-electron chi connectivity index (χ1n) is 16.8. The van der Waals surface area contributed by atoms with Crippen molar-refractivity contribution in [2.45, 2.75) is 0 Å². The zero-order valence-corrected chi connectivity index (χ0v) is 27.0. The summed E-state index contributed by atoms with van der Waals surface area (Å²) in [7, 11) is 0. The Kier molecular flexibility index (Phi) is 6.42. The lowest BCUT2D eigenvalue weighted by atomic mass is 9.99. The average Bonchev–Trinajstić information content (AvgIpc) is 3.71. The molecule has 10 aromatic rings. The van der Waals surface area contributed by atoms with Crippen LogP contribution in [0.2, 0.25) is 0 Å². The van der Waals surface area contributed by atoms with E-state index >= 15 is 0 Å². The molecule has 5 heterocycles. The summed E-state index contributed by atoms with van der Waals surface area (Å²) in [5.41, 5.74) is 12.9. The molecule has 0 saturated heterocycles. The molecule has 0 N–H and O–H groups in total. The SMILES string of the molecule is c1ccc(-c2cc(-c3ccc(-n4c5ccccc5c5ccncc54)cc3)cc(-c3ccc(-n4c5ccccc5c5ccncc54)cc3)n2)cc1. The molecule has 10 rings (SSSR count). The number of para-hydroxylation sites is 2. The Morgan fingerprint density at radius 1 is 0.340 bits per heavy atom. The zero-order chi connectivity index (χ0) is 33.0. The Morgan fingerprint density at radius 2 is 0.780 bits per heavy atom. The first-order valence-corrected chi connectivity index (χ1v) is 16.8. The summed E-state index contributed by atoms with van der Waals surface area (Å²) >= 11 is 0. The molecule has 5 heteroatoms. The van der Waals surface area contributed by atoms with Gasteiger partial charge in [-0.2, -0.15) is 0 Å². The fourth-order valence-electron chi connectivity index (χ4n) is 7.38. The number of rotatable bonds is 5. The number of aromatic nitrogens is 5. The van der Waals surface area contributed by atoms with E-state index in [1.165, 1.54) is 27.1 Å². The minimum absolute atomic E-state index is 0.925. The van der Waals surface area contributed by atoms with Gasteiger partial charge in [0.2, 0.25) is 0 Å². The van der Waals surface area contributed by atoms with Crippen LogP contribution in [0.4, 0.5) is 0 Å². The van der Waals surface area contributed by atoms with Crippen molar-refractivity contribution in [3.8, 4) is 45.0 Å². The van der Waals surface area contributed by atoms with E-state index in [1.807, 2.05) is 30.9 Å². The van der Waals surface area contributed by atoms with Crippen molar-refractivity contribution in [3.63, 3.8) is 0 Å². The van der Waals surface area contributed by atoms with Crippen molar-refractivity contribution >= 4 is 43.6 Å². The molecule has 0 radical (unpaired) electrons. The molecule has 0 amide bonds. The monoisotopic (exact) mass is 639 g/mol. The molecule has 234 valence electrons. The van der Waals surface area contributed by atoms with Crippen molar-refractivity contribution in [2.24, 2.45) is 0 Å². The maximum absolute atomic E-state index is 5.19. The average molecular weight is 640 g/mol. The van der Waals surface area contributed by atoms with Crippen LogP contribution in [0.15, 0.2) is 176 Å². The van der Waals surface area contributed by atoms with Crippen LogP contribution in [-0.2, 0) is 0 Å². The maximum Gasteiger partial charge on any atom is 0.0724 e. The van der Waals surface area contributed by atoms with Gasteiger partial charge in [-0.25, -0.2) is 4.98 Å². The third kappa shape index (κ3) is 4.52. The minimum atomic E-state index is 0.925. The van der Waals surface area contributed by atoms with Crippen molar-refractivity contribution in [3.05, 3.63) is 176 Å². The van der Waals surface area contributed by atoms with Gasteiger partial charge in [-0.05, 0) is 71.8 Å². The highest BCUT2D eigenvalue weighted by molar-refractivity contribution is 6.09. The summed E-state index contributed by atoms with van der Waals surface area (Å²) in [5.74, 6) is 0. The fraction of sp³-hybridized carbons (Fsp3) is 0. The first kappa shape index (κ1) is 28.2. The molecular weight excluding hydrogens is 611 g/mol. The van der Waals surface area contributed by atoms with Gasteiger partial charge in [0, 0.05) is 56.4 Å². The van der Waals surface area contributed by atoms with E-state index in [9.17, 15) is 0 Å². The van der Waals surface area contributed by atoms with Crippen LogP contribution in [0.1, 0.15) is 0 Å². The van der Waals surface area contributed by atoms with E-state index in [0.717, 1.165) is 61.6 Å². The van der Waals surface area contributed by atoms with Gasteiger partial charge in [0.05, 0.1) is 45.8 Å². The van der Waals surface area contributed by atoms with Crippen molar-refractivity contribution in [1.82, 2.24) is 24.1 Å². The van der Waals surface area contributed by atoms with Gasteiger partial charge < -0.3 is 9.13 Å². The number of hydrogen-bond acceptors (Lipinski definition) is 3. The van der Waals surface area contributed by atoms with Crippen molar-refractivity contribution in [2.75, 3.05) is 0 Å². The Balaban J connectivity index is 1.07. The van der Waals surface area contributed by atoms with Crippen molar-refractivity contribution in [1.29, 1.82) is 0 Å². The van der Waals surface area contributed by atoms with Crippen LogP contribution in [0.5, 0.6) is 0 Å². The molecule has 0 bridgehead atoms. The lowest BCUT2D eigenvalue weighted by Gasteiger charge is -2.13. The van der Waals surface area contributed by atoms with Gasteiger partial charge in [0.1, 0.15) is 0 Å². The zero-order valence-electron chi connectivity index (χ0n) is 27.0. The summed E-state index contributed by atoms with van der Waals surface area (Å²) in [6.07, 6.45) is 7.63. The summed E-state index contributed by atoms with van der Waals surface area (Å²) in [5, 5.41) is 4.84. The highest BCUT2D eigenvalue weighted by Gasteiger charge is 2.15. The third-order valence-electron chi connectivity index (χ3n) is 9.73. The summed E-state index contributed by atoms with van der Waals surface area (Å²) in [6.45, 7) is 0. The quantitative estimate of drug-likeness (QED) is 0.188. The standard InChI is InChI=1S/C45H29N5/c1-2-8-31(9-3-1)40-26-33(30-14-18-34(19-15-30)49-42-12-6-4-10-36(42)38-22-24-46-28-44(38)49)27-41(48-40)32-16-20-35(21-17-32)50-43-13-7-5-11-37(43)39-23-25-47-29-45(39)50/h1-29H. The van der Waals surface area contributed by atoms with E-state index in [-0.39, 0.29) is 0 Å². The van der Waals surface area contributed by atoms with E-state index in [1.54, 1.807) is 0 Å². The number of fused-ring (bicyclic) bond motifs is 6. The van der Waals surface area contributed by atoms with Gasteiger partial charge in [-0.3, -0.25) is 9.97 Å². The molecule has 0 atom stereocenters. The third-order valence-corrected chi connectivity index (χ3v) is 9.73. The van der Waals surface area contributed by atoms with Crippen LogP contribution in [-0.4, -0.2) is 24.1 Å². The molecule has 0 fully saturated rings. The van der Waals surface area contributed by atoms with Crippen LogP contribution in [0.3, 0.4) is 0 Å². The second kappa shape index (κ2) is 11.4. The van der Waals surface area contributed by atoms with Gasteiger partial charge in [-0.15, -0.1) is 0 Å². The first-order chi connectivity index (χ1) is 24.8. The molecule has 5 aromatic carbocycles. The molecule has 0 aliphatic rings. The Morgan fingerprint density at radius 3 is 1.32 bits per heavy atom. The van der Waals surface area contributed by atoms with Crippen LogP contribution in [0.25, 0.3) is 88.6 Å². The summed E-state index contributed by atoms with van der Waals surface area (Å²) in [6, 6.07) is 53.6. The molecule has 0 spiro atoms. The van der Waals surface area contributed by atoms with Gasteiger partial charge >= 0.3 is 0 Å². The fourth-order valence-corrected chi connectivity index (χ4v) is 7.38. The van der Waals surface area contributed by atoms with E-state index in [4.69, 9.17) is 4.98 Å². The Labute approximate surface area is 288 Å². The summed E-state index contributed by atoms with van der Waals surface area (Å²) in [4.78, 5) is 14.1. The number of benzene rings is 5. The highest BCUT2D eigenvalue weighted by atomic mass is 15.0. The van der Waals surface area contributed by atoms with E-state index < -0.39 is 0 Å². The molecule has 5 aromatic heterocycles. The van der Waals surface area contributed by atoms with E-state index in [2.05, 4.69) is 165 Å². The number of pyridine rings is 3. The van der Waals surface area contributed by atoms with Gasteiger partial charge in [0.25, 0.3) is 0 Å². The smallest absolute Gasteiger partial charge is 0.0724 e. The Hall–Kier alpha value is -6.85.